The maximum atomic E-state index is 11.9. The van der Waals surface area contributed by atoms with Crippen LogP contribution in [0.3, 0.4) is 0 Å². The molecule has 122 valence electrons. The van der Waals surface area contributed by atoms with Crippen molar-refractivity contribution in [2.75, 3.05) is 0 Å². The predicted octanol–water partition coefficient (Wildman–Crippen LogP) is 1.97. The van der Waals surface area contributed by atoms with E-state index >= 15 is 0 Å². The van der Waals surface area contributed by atoms with E-state index in [-0.39, 0.29) is 28.3 Å². The summed E-state index contributed by atoms with van der Waals surface area (Å²) in [6.07, 6.45) is 1.03. The lowest BCUT2D eigenvalue weighted by molar-refractivity contribution is -0.385. The Morgan fingerprint density at radius 3 is 2.42 bits per heavy atom. The highest BCUT2D eigenvalue weighted by atomic mass is 16.6. The number of non-ortho nitro benzene ring substituents is 2. The Balaban J connectivity index is 2.13. The summed E-state index contributed by atoms with van der Waals surface area (Å²) in [4.78, 5) is 31.9. The number of nitrogens with zero attached hydrogens (tertiary/aromatic N) is 3. The van der Waals surface area contributed by atoms with Gasteiger partial charge in [0, 0.05) is 35.4 Å². The summed E-state index contributed by atoms with van der Waals surface area (Å²) in [5.41, 5.74) is 1.67. The molecule has 10 heteroatoms. The summed E-state index contributed by atoms with van der Waals surface area (Å²) in [6.45, 7) is 0. The highest BCUT2D eigenvalue weighted by Gasteiger charge is 2.11. The minimum absolute atomic E-state index is 0.0182. The van der Waals surface area contributed by atoms with Gasteiger partial charge in [-0.15, -0.1) is 0 Å². The van der Waals surface area contributed by atoms with Crippen LogP contribution in [0.4, 0.5) is 11.4 Å². The number of nitro benzene ring substituents is 2. The van der Waals surface area contributed by atoms with Crippen LogP contribution in [0.2, 0.25) is 0 Å². The molecule has 0 atom stereocenters. The van der Waals surface area contributed by atoms with Crippen molar-refractivity contribution in [1.29, 1.82) is 0 Å². The molecule has 2 rings (SSSR count). The Morgan fingerprint density at radius 1 is 1.08 bits per heavy atom. The number of nitrogens with one attached hydrogen (secondary N) is 1. The highest BCUT2D eigenvalue weighted by Crippen LogP contribution is 2.21. The third-order valence-electron chi connectivity index (χ3n) is 2.91. The summed E-state index contributed by atoms with van der Waals surface area (Å²) < 4.78 is 0. The molecule has 0 bridgehead atoms. The van der Waals surface area contributed by atoms with Gasteiger partial charge in [-0.3, -0.25) is 25.0 Å². The number of carbonyl (C=O) groups is 1. The molecule has 0 fully saturated rings. The molecule has 1 amide bonds. The minimum atomic E-state index is -0.708. The number of rotatable bonds is 5. The number of hydrogen-bond acceptors (Lipinski definition) is 7. The Morgan fingerprint density at radius 2 is 1.75 bits per heavy atom. The van der Waals surface area contributed by atoms with Crippen molar-refractivity contribution >= 4 is 23.5 Å². The van der Waals surface area contributed by atoms with Gasteiger partial charge in [0.05, 0.1) is 16.1 Å². The van der Waals surface area contributed by atoms with Gasteiger partial charge in [-0.1, -0.05) is 6.07 Å². The minimum Gasteiger partial charge on any atom is -0.507 e. The van der Waals surface area contributed by atoms with Gasteiger partial charge in [0.15, 0.2) is 0 Å². The van der Waals surface area contributed by atoms with Crippen molar-refractivity contribution < 1.29 is 19.7 Å². The third kappa shape index (κ3) is 3.88. The van der Waals surface area contributed by atoms with E-state index in [0.29, 0.717) is 0 Å². The van der Waals surface area contributed by atoms with E-state index in [1.165, 1.54) is 18.2 Å². The molecule has 10 nitrogen and oxygen atoms in total. The maximum Gasteiger partial charge on any atom is 0.271 e. The molecule has 0 heterocycles. The molecule has 24 heavy (non-hydrogen) atoms. The van der Waals surface area contributed by atoms with Gasteiger partial charge in [-0.25, -0.2) is 5.43 Å². The van der Waals surface area contributed by atoms with E-state index in [1.807, 2.05) is 0 Å². The number of hydrazone groups is 1. The number of amides is 1. The molecule has 0 unspecified atom stereocenters. The summed E-state index contributed by atoms with van der Waals surface area (Å²) in [5.74, 6) is -0.964. The quantitative estimate of drug-likeness (QED) is 0.486. The third-order valence-corrected chi connectivity index (χ3v) is 2.91. The summed E-state index contributed by atoms with van der Waals surface area (Å²) in [6, 6.07) is 8.36. The number of phenols is 1. The summed E-state index contributed by atoms with van der Waals surface area (Å²) in [7, 11) is 0. The molecule has 0 aliphatic heterocycles. The molecule has 2 N–H and O–H groups in total. The van der Waals surface area contributed by atoms with Gasteiger partial charge >= 0.3 is 0 Å². The van der Waals surface area contributed by atoms with Gasteiger partial charge in [-0.05, 0) is 12.1 Å². The first-order valence-corrected chi connectivity index (χ1v) is 6.44. The molecule has 2 aromatic carbocycles. The van der Waals surface area contributed by atoms with Gasteiger partial charge < -0.3 is 5.11 Å². The van der Waals surface area contributed by atoms with Crippen LogP contribution >= 0.6 is 0 Å². The topological polar surface area (TPSA) is 148 Å². The number of phenolic OH excluding ortho intramolecular Hbond substituents is 1. The van der Waals surface area contributed by atoms with Crippen LogP contribution in [0.15, 0.2) is 47.6 Å². The van der Waals surface area contributed by atoms with Gasteiger partial charge in [0.25, 0.3) is 17.3 Å². The first-order valence-electron chi connectivity index (χ1n) is 6.44. The molecule has 0 aromatic heterocycles. The molecular weight excluding hydrogens is 320 g/mol. The van der Waals surface area contributed by atoms with Crippen LogP contribution in [-0.4, -0.2) is 27.1 Å². The molecule has 0 aliphatic rings. The molecule has 0 saturated heterocycles. The summed E-state index contributed by atoms with van der Waals surface area (Å²) >= 11 is 0. The molecular formula is C14H10N4O6. The van der Waals surface area contributed by atoms with E-state index in [0.717, 1.165) is 30.5 Å². The average Bonchev–Trinajstić information content (AvgIpc) is 2.56. The molecule has 0 spiro atoms. The van der Waals surface area contributed by atoms with Crippen LogP contribution in [0.1, 0.15) is 15.9 Å². The number of nitro groups is 2. The van der Waals surface area contributed by atoms with Crippen LogP contribution in [0, 0.1) is 20.2 Å². The fourth-order valence-electron chi connectivity index (χ4n) is 1.74. The Hall–Kier alpha value is -3.82. The van der Waals surface area contributed by atoms with Crippen LogP contribution in [0.25, 0.3) is 0 Å². The number of hydrogen-bond donors (Lipinski definition) is 2. The van der Waals surface area contributed by atoms with Gasteiger partial charge in [0.2, 0.25) is 0 Å². The number of carbonyl (C=O) groups excluding carboxylic acids is 1. The SMILES string of the molecule is O=C(N/N=C/c1cc([N+](=O)[O-])ccc1O)c1cccc([N+](=O)[O-])c1. The first kappa shape index (κ1) is 16.5. The zero-order valence-corrected chi connectivity index (χ0v) is 11.9. The number of benzene rings is 2. The second kappa shape index (κ2) is 6.96. The Kier molecular flexibility index (Phi) is 4.80. The zero-order chi connectivity index (χ0) is 17.7. The van der Waals surface area contributed by atoms with E-state index in [9.17, 15) is 30.1 Å². The lowest BCUT2D eigenvalue weighted by Crippen LogP contribution is -2.17. The highest BCUT2D eigenvalue weighted by molar-refractivity contribution is 5.95. The average molecular weight is 330 g/mol. The monoisotopic (exact) mass is 330 g/mol. The Labute approximate surface area is 134 Å². The Bertz CT molecular complexity index is 849. The smallest absolute Gasteiger partial charge is 0.271 e. The molecule has 0 aliphatic carbocycles. The van der Waals surface area contributed by atoms with Crippen molar-refractivity contribution in [3.05, 3.63) is 73.8 Å². The molecule has 2 aromatic rings. The number of aromatic hydroxyl groups is 1. The van der Waals surface area contributed by atoms with Crippen molar-refractivity contribution in [3.63, 3.8) is 0 Å². The lowest BCUT2D eigenvalue weighted by Gasteiger charge is -2.01. The first-order chi connectivity index (χ1) is 11.4. The molecule has 0 saturated carbocycles. The van der Waals surface area contributed by atoms with Crippen molar-refractivity contribution in [2.24, 2.45) is 5.10 Å². The van der Waals surface area contributed by atoms with Gasteiger partial charge in [0.1, 0.15) is 5.75 Å². The summed E-state index contributed by atoms with van der Waals surface area (Å²) in [5, 5.41) is 34.5. The van der Waals surface area contributed by atoms with Crippen LogP contribution < -0.4 is 5.43 Å². The standard InChI is InChI=1S/C14H10N4O6/c19-13-5-4-12(18(23)24)7-10(13)8-15-16-14(20)9-2-1-3-11(6-9)17(21)22/h1-8,19H,(H,16,20)/b15-8+. The van der Waals surface area contributed by atoms with E-state index in [4.69, 9.17) is 0 Å². The van der Waals surface area contributed by atoms with E-state index < -0.39 is 15.8 Å². The normalized spacial score (nSPS) is 10.5. The van der Waals surface area contributed by atoms with Gasteiger partial charge in [-0.2, -0.15) is 5.10 Å². The van der Waals surface area contributed by atoms with E-state index in [2.05, 4.69) is 10.5 Å². The molecule has 0 radical (unpaired) electrons. The van der Waals surface area contributed by atoms with Crippen LogP contribution in [0.5, 0.6) is 5.75 Å². The maximum absolute atomic E-state index is 11.9. The van der Waals surface area contributed by atoms with E-state index in [1.54, 1.807) is 0 Å². The van der Waals surface area contributed by atoms with Crippen molar-refractivity contribution in [3.8, 4) is 5.75 Å². The largest absolute Gasteiger partial charge is 0.507 e. The van der Waals surface area contributed by atoms with Crippen molar-refractivity contribution in [2.45, 2.75) is 0 Å². The van der Waals surface area contributed by atoms with Crippen molar-refractivity contribution in [1.82, 2.24) is 5.43 Å². The lowest BCUT2D eigenvalue weighted by atomic mass is 10.2. The fraction of sp³-hybridized carbons (Fsp3) is 0. The fourth-order valence-corrected chi connectivity index (χ4v) is 1.74. The zero-order valence-electron chi connectivity index (χ0n) is 11.9. The second-order valence-corrected chi connectivity index (χ2v) is 4.51. The second-order valence-electron chi connectivity index (χ2n) is 4.51. The predicted molar refractivity (Wildman–Crippen MR) is 82.9 cm³/mol. The van der Waals surface area contributed by atoms with Crippen LogP contribution in [-0.2, 0) is 0 Å².